The molecule has 0 unspecified atom stereocenters. The molecule has 0 spiro atoms. The zero-order valence-electron chi connectivity index (χ0n) is 10.7. The molecule has 1 aromatic heterocycles. The molecule has 0 aliphatic rings. The molecule has 0 fully saturated rings. The van der Waals surface area contributed by atoms with E-state index >= 15 is 0 Å². The van der Waals surface area contributed by atoms with Crippen LogP contribution in [0.5, 0.6) is 5.75 Å². The third-order valence-corrected chi connectivity index (χ3v) is 4.00. The lowest BCUT2D eigenvalue weighted by Gasteiger charge is -2.07. The Kier molecular flexibility index (Phi) is 4.45. The van der Waals surface area contributed by atoms with Crippen LogP contribution in [0, 0.1) is 13.8 Å². The van der Waals surface area contributed by atoms with Crippen molar-refractivity contribution in [3.8, 4) is 5.75 Å². The second-order valence-corrected chi connectivity index (χ2v) is 5.78. The monoisotopic (exact) mass is 295 g/mol. The van der Waals surface area contributed by atoms with Crippen LogP contribution < -0.4 is 10.1 Å². The smallest absolute Gasteiger partial charge is 0.262 e. The van der Waals surface area contributed by atoms with E-state index in [0.29, 0.717) is 10.8 Å². The summed E-state index contributed by atoms with van der Waals surface area (Å²) in [4.78, 5) is 12.9. The van der Waals surface area contributed by atoms with E-state index in [4.69, 9.17) is 16.3 Å². The predicted octanol–water partition coefficient (Wildman–Crippen LogP) is 4.04. The van der Waals surface area contributed by atoms with E-state index in [2.05, 4.69) is 5.32 Å². The van der Waals surface area contributed by atoms with Crippen LogP contribution in [0.25, 0.3) is 0 Å². The van der Waals surface area contributed by atoms with Crippen molar-refractivity contribution in [1.29, 1.82) is 0 Å². The molecule has 1 N–H and O–H groups in total. The van der Waals surface area contributed by atoms with E-state index in [1.165, 1.54) is 10.4 Å². The molecule has 0 radical (unpaired) electrons. The van der Waals surface area contributed by atoms with Gasteiger partial charge in [-0.15, -0.1) is 11.3 Å². The number of hydrogen-bond donors (Lipinski definition) is 1. The minimum Gasteiger partial charge on any atom is -0.482 e. The van der Waals surface area contributed by atoms with Gasteiger partial charge in [0.1, 0.15) is 5.75 Å². The van der Waals surface area contributed by atoms with Crippen molar-refractivity contribution < 1.29 is 9.53 Å². The maximum atomic E-state index is 11.7. The first-order valence-electron chi connectivity index (χ1n) is 5.80. The first-order chi connectivity index (χ1) is 9.06. The van der Waals surface area contributed by atoms with Gasteiger partial charge in [0.15, 0.2) is 6.61 Å². The molecule has 0 atom stereocenters. The molecular formula is C14H14ClNO2S. The zero-order chi connectivity index (χ0) is 13.8. The fourth-order valence-corrected chi connectivity index (χ4v) is 2.65. The number of ether oxygens (including phenoxy) is 1. The van der Waals surface area contributed by atoms with Crippen LogP contribution in [0.1, 0.15) is 10.4 Å². The molecule has 0 aliphatic carbocycles. The summed E-state index contributed by atoms with van der Waals surface area (Å²) in [5.74, 6) is 0.319. The highest BCUT2D eigenvalue weighted by atomic mass is 35.5. The van der Waals surface area contributed by atoms with Gasteiger partial charge < -0.3 is 10.1 Å². The number of benzene rings is 1. The highest BCUT2D eigenvalue weighted by Gasteiger charge is 2.08. The number of aryl methyl sites for hydroxylation is 2. The summed E-state index contributed by atoms with van der Waals surface area (Å²) in [6.45, 7) is 3.98. The Bertz CT molecular complexity index is 575. The Morgan fingerprint density at radius 1 is 1.37 bits per heavy atom. The topological polar surface area (TPSA) is 38.3 Å². The van der Waals surface area contributed by atoms with Crippen LogP contribution in [0.4, 0.5) is 5.00 Å². The van der Waals surface area contributed by atoms with Crippen molar-refractivity contribution in [2.45, 2.75) is 13.8 Å². The molecular weight excluding hydrogens is 282 g/mol. The Morgan fingerprint density at radius 2 is 2.11 bits per heavy atom. The van der Waals surface area contributed by atoms with Gasteiger partial charge in [-0.2, -0.15) is 0 Å². The van der Waals surface area contributed by atoms with Gasteiger partial charge in [0.2, 0.25) is 0 Å². The van der Waals surface area contributed by atoms with Gasteiger partial charge in [0.05, 0.1) is 10.0 Å². The molecule has 100 valence electrons. The third-order valence-electron chi connectivity index (χ3n) is 2.62. The van der Waals surface area contributed by atoms with E-state index in [1.54, 1.807) is 23.5 Å². The fraction of sp³-hybridized carbons (Fsp3) is 0.214. The quantitative estimate of drug-likeness (QED) is 0.924. The summed E-state index contributed by atoms with van der Waals surface area (Å²) in [5.41, 5.74) is 1.17. The standard InChI is InChI=1S/C14H14ClNO2S/c1-9-7-14(19-10(9)2)16-13(17)8-18-12-6-4-3-5-11(12)15/h3-7H,8H2,1-2H3,(H,16,17). The van der Waals surface area contributed by atoms with Crippen molar-refractivity contribution in [2.75, 3.05) is 11.9 Å². The molecule has 0 aliphatic heterocycles. The van der Waals surface area contributed by atoms with Gasteiger partial charge in [-0.25, -0.2) is 0 Å². The molecule has 2 aromatic rings. The molecule has 3 nitrogen and oxygen atoms in total. The maximum absolute atomic E-state index is 11.7. The molecule has 0 saturated carbocycles. The summed E-state index contributed by atoms with van der Waals surface area (Å²) in [7, 11) is 0. The van der Waals surface area contributed by atoms with Gasteiger partial charge >= 0.3 is 0 Å². The zero-order valence-corrected chi connectivity index (χ0v) is 12.3. The number of thiophene rings is 1. The van der Waals surface area contributed by atoms with Crippen LogP contribution in [-0.2, 0) is 4.79 Å². The first-order valence-corrected chi connectivity index (χ1v) is 7.00. The number of carbonyl (C=O) groups is 1. The number of halogens is 1. The normalized spacial score (nSPS) is 10.3. The van der Waals surface area contributed by atoms with E-state index in [-0.39, 0.29) is 12.5 Å². The first kappa shape index (κ1) is 13.9. The minimum absolute atomic E-state index is 0.0558. The third kappa shape index (κ3) is 3.72. The number of hydrogen-bond acceptors (Lipinski definition) is 3. The van der Waals surface area contributed by atoms with Gasteiger partial charge in [-0.05, 0) is 37.6 Å². The number of carbonyl (C=O) groups excluding carboxylic acids is 1. The number of rotatable bonds is 4. The van der Waals surface area contributed by atoms with Crippen LogP contribution in [0.2, 0.25) is 5.02 Å². The average Bonchev–Trinajstić information content (AvgIpc) is 2.67. The van der Waals surface area contributed by atoms with Crippen LogP contribution in [-0.4, -0.2) is 12.5 Å². The second kappa shape index (κ2) is 6.08. The van der Waals surface area contributed by atoms with E-state index in [9.17, 15) is 4.79 Å². The van der Waals surface area contributed by atoms with Gasteiger partial charge in [0.25, 0.3) is 5.91 Å². The predicted molar refractivity (Wildman–Crippen MR) is 79.4 cm³/mol. The SMILES string of the molecule is Cc1cc(NC(=O)COc2ccccc2Cl)sc1C. The Hall–Kier alpha value is -1.52. The van der Waals surface area contributed by atoms with Crippen molar-refractivity contribution in [3.05, 3.63) is 45.8 Å². The summed E-state index contributed by atoms with van der Waals surface area (Å²) in [6.07, 6.45) is 0. The highest BCUT2D eigenvalue weighted by molar-refractivity contribution is 7.16. The number of amides is 1. The van der Waals surface area contributed by atoms with Gasteiger partial charge in [0, 0.05) is 4.88 Å². The van der Waals surface area contributed by atoms with E-state index < -0.39 is 0 Å². The average molecular weight is 296 g/mol. The highest BCUT2D eigenvalue weighted by Crippen LogP contribution is 2.26. The molecule has 1 heterocycles. The minimum atomic E-state index is -0.193. The van der Waals surface area contributed by atoms with E-state index in [1.807, 2.05) is 32.0 Å². The second-order valence-electron chi connectivity index (χ2n) is 4.12. The molecule has 2 rings (SSSR count). The molecule has 1 aromatic carbocycles. The summed E-state index contributed by atoms with van der Waals surface area (Å²) in [5, 5.41) is 4.14. The molecule has 0 bridgehead atoms. The summed E-state index contributed by atoms with van der Waals surface area (Å²) >= 11 is 7.49. The molecule has 19 heavy (non-hydrogen) atoms. The lowest BCUT2D eigenvalue weighted by molar-refractivity contribution is -0.118. The van der Waals surface area contributed by atoms with Crippen molar-refractivity contribution in [1.82, 2.24) is 0 Å². The Morgan fingerprint density at radius 3 is 2.74 bits per heavy atom. The van der Waals surface area contributed by atoms with Gasteiger partial charge in [-0.3, -0.25) is 4.79 Å². The maximum Gasteiger partial charge on any atom is 0.262 e. The lowest BCUT2D eigenvalue weighted by atomic mass is 10.3. The van der Waals surface area contributed by atoms with Crippen LogP contribution >= 0.6 is 22.9 Å². The number of para-hydroxylation sites is 1. The Balaban J connectivity index is 1.90. The lowest BCUT2D eigenvalue weighted by Crippen LogP contribution is -2.19. The van der Waals surface area contributed by atoms with Crippen molar-refractivity contribution in [2.24, 2.45) is 0 Å². The van der Waals surface area contributed by atoms with Gasteiger partial charge in [-0.1, -0.05) is 23.7 Å². The largest absolute Gasteiger partial charge is 0.482 e. The summed E-state index contributed by atoms with van der Waals surface area (Å²) < 4.78 is 5.37. The number of nitrogens with one attached hydrogen (secondary N) is 1. The summed E-state index contributed by atoms with van der Waals surface area (Å²) in [6, 6.07) is 9.03. The van der Waals surface area contributed by atoms with Crippen LogP contribution in [0.3, 0.4) is 0 Å². The number of anilines is 1. The van der Waals surface area contributed by atoms with Crippen molar-refractivity contribution >= 4 is 33.8 Å². The van der Waals surface area contributed by atoms with Crippen molar-refractivity contribution in [3.63, 3.8) is 0 Å². The molecule has 1 amide bonds. The fourth-order valence-electron chi connectivity index (χ4n) is 1.51. The molecule has 5 heteroatoms. The molecule has 0 saturated heterocycles. The Labute approximate surface area is 121 Å². The van der Waals surface area contributed by atoms with E-state index in [0.717, 1.165) is 5.00 Å². The van der Waals surface area contributed by atoms with Crippen LogP contribution in [0.15, 0.2) is 30.3 Å².